The second-order valence-electron chi connectivity index (χ2n) is 2.56. The predicted octanol–water partition coefficient (Wildman–Crippen LogP) is -1.02. The van der Waals surface area contributed by atoms with E-state index in [1.54, 1.807) is 0 Å². The predicted molar refractivity (Wildman–Crippen MR) is 61.2 cm³/mol. The van der Waals surface area contributed by atoms with Gasteiger partial charge >= 0.3 is 17.8 Å². The van der Waals surface area contributed by atoms with Crippen LogP contribution in [0.5, 0.6) is 0 Å². The third kappa shape index (κ3) is 6.53. The maximum absolute atomic E-state index is 10.7. The van der Waals surface area contributed by atoms with E-state index >= 15 is 0 Å². The zero-order chi connectivity index (χ0) is 12.6. The summed E-state index contributed by atoms with van der Waals surface area (Å²) in [5.41, 5.74) is 5.23. The highest BCUT2D eigenvalue weighted by molar-refractivity contribution is 8.76. The van der Waals surface area contributed by atoms with Gasteiger partial charge in [0.15, 0.2) is 0 Å². The smallest absolute Gasteiger partial charge is 0.394 e. The van der Waals surface area contributed by atoms with Crippen LogP contribution < -0.4 is 11.1 Å². The molecule has 16 heavy (non-hydrogen) atoms. The van der Waals surface area contributed by atoms with Gasteiger partial charge in [-0.1, -0.05) is 21.6 Å². The van der Waals surface area contributed by atoms with Crippen molar-refractivity contribution in [3.05, 3.63) is 0 Å². The van der Waals surface area contributed by atoms with Crippen LogP contribution >= 0.6 is 21.6 Å². The molecule has 0 saturated heterocycles. The Bertz CT molecular complexity index is 274. The minimum Gasteiger partial charge on any atom is -0.480 e. The summed E-state index contributed by atoms with van der Waals surface area (Å²) < 4.78 is 0. The van der Waals surface area contributed by atoms with Gasteiger partial charge in [-0.3, -0.25) is 4.79 Å². The second-order valence-corrected chi connectivity index (χ2v) is 5.19. The van der Waals surface area contributed by atoms with Crippen LogP contribution in [0.25, 0.3) is 0 Å². The number of hydrogen-bond acceptors (Lipinski definition) is 6. The lowest BCUT2D eigenvalue weighted by atomic mass is 10.3. The van der Waals surface area contributed by atoms with Crippen LogP contribution in [-0.2, 0) is 14.4 Å². The van der Waals surface area contributed by atoms with E-state index < -0.39 is 23.9 Å². The molecule has 1 atom stereocenters. The van der Waals surface area contributed by atoms with Gasteiger partial charge in [0.05, 0.1) is 0 Å². The fraction of sp³-hybridized carbons (Fsp3) is 0.571. The van der Waals surface area contributed by atoms with Gasteiger partial charge in [0, 0.05) is 18.1 Å². The van der Waals surface area contributed by atoms with Crippen molar-refractivity contribution in [2.75, 3.05) is 18.1 Å². The monoisotopic (exact) mass is 268 g/mol. The molecule has 0 saturated carbocycles. The van der Waals surface area contributed by atoms with E-state index in [0.717, 1.165) is 0 Å². The van der Waals surface area contributed by atoms with E-state index in [1.807, 2.05) is 5.32 Å². The molecular formula is C7H12N2O5S2. The highest BCUT2D eigenvalue weighted by atomic mass is 33.1. The van der Waals surface area contributed by atoms with Crippen molar-refractivity contribution in [3.8, 4) is 0 Å². The number of rotatable bonds is 7. The van der Waals surface area contributed by atoms with Crippen LogP contribution in [0.1, 0.15) is 0 Å². The van der Waals surface area contributed by atoms with Crippen LogP contribution in [0, 0.1) is 0 Å². The molecule has 0 rings (SSSR count). The molecule has 0 heterocycles. The first kappa shape index (κ1) is 15.1. The Kier molecular flexibility index (Phi) is 7.77. The summed E-state index contributed by atoms with van der Waals surface area (Å²) in [6.07, 6.45) is 0. The maximum atomic E-state index is 10.7. The Hall–Kier alpha value is -0.930. The van der Waals surface area contributed by atoms with Crippen molar-refractivity contribution in [3.63, 3.8) is 0 Å². The largest absolute Gasteiger partial charge is 0.480 e. The normalized spacial score (nSPS) is 11.8. The number of hydrogen-bond donors (Lipinski definition) is 4. The minimum atomic E-state index is -1.70. The number of amides is 1. The Morgan fingerprint density at radius 1 is 1.25 bits per heavy atom. The highest BCUT2D eigenvalue weighted by Crippen LogP contribution is 2.21. The van der Waals surface area contributed by atoms with Gasteiger partial charge in [0.1, 0.15) is 6.04 Å². The van der Waals surface area contributed by atoms with Crippen LogP contribution in [-0.4, -0.2) is 52.2 Å². The van der Waals surface area contributed by atoms with Gasteiger partial charge in [-0.15, -0.1) is 0 Å². The molecule has 7 nitrogen and oxygen atoms in total. The molecule has 9 heteroatoms. The molecule has 0 aliphatic rings. The lowest BCUT2D eigenvalue weighted by Crippen LogP contribution is -2.45. The third-order valence-corrected chi connectivity index (χ3v) is 3.76. The molecule has 1 amide bonds. The number of nitrogens with one attached hydrogen (secondary N) is 1. The van der Waals surface area contributed by atoms with Gasteiger partial charge in [-0.05, 0) is 0 Å². The molecule has 0 aromatic carbocycles. The molecule has 0 aromatic heterocycles. The standard InChI is InChI=1S/C7H12N2O5S2/c8-1-2-15-16-3-4(6(11)12)9-5(10)7(13)14/h4H,1-3,8H2,(H,9,10)(H,11,12)(H,13,14)/t4-/m0/s1. The van der Waals surface area contributed by atoms with Crippen LogP contribution in [0.3, 0.4) is 0 Å². The first-order valence-corrected chi connectivity index (χ1v) is 6.69. The lowest BCUT2D eigenvalue weighted by Gasteiger charge is -2.11. The fourth-order valence-corrected chi connectivity index (χ4v) is 2.63. The first-order chi connectivity index (χ1) is 7.49. The van der Waals surface area contributed by atoms with Crippen molar-refractivity contribution in [1.82, 2.24) is 5.32 Å². The number of carboxylic acids is 2. The minimum absolute atomic E-state index is 0.0824. The average molecular weight is 268 g/mol. The Labute approximate surface area is 99.5 Å². The summed E-state index contributed by atoms with van der Waals surface area (Å²) in [4.78, 5) is 31.6. The molecule has 0 radical (unpaired) electrons. The summed E-state index contributed by atoms with van der Waals surface area (Å²) in [6.45, 7) is 0.469. The number of nitrogens with two attached hydrogens (primary N) is 1. The van der Waals surface area contributed by atoms with Crippen molar-refractivity contribution < 1.29 is 24.6 Å². The van der Waals surface area contributed by atoms with E-state index in [1.165, 1.54) is 21.6 Å². The molecule has 0 unspecified atom stereocenters. The Morgan fingerprint density at radius 2 is 1.88 bits per heavy atom. The van der Waals surface area contributed by atoms with Crippen molar-refractivity contribution >= 4 is 39.4 Å². The van der Waals surface area contributed by atoms with Gasteiger partial charge in [0.25, 0.3) is 0 Å². The topological polar surface area (TPSA) is 130 Å². The summed E-state index contributed by atoms with van der Waals surface area (Å²) in [5, 5.41) is 18.9. The quantitative estimate of drug-likeness (QED) is 0.262. The number of carbonyl (C=O) groups excluding carboxylic acids is 1. The fourth-order valence-electron chi connectivity index (χ4n) is 0.618. The third-order valence-electron chi connectivity index (χ3n) is 1.32. The van der Waals surface area contributed by atoms with E-state index in [9.17, 15) is 14.4 Å². The van der Waals surface area contributed by atoms with Crippen LogP contribution in [0.4, 0.5) is 0 Å². The summed E-state index contributed by atoms with van der Waals surface area (Å²) in [6, 6.07) is -1.21. The SMILES string of the molecule is NCCSSC[C@H](NC(=O)C(=O)O)C(=O)O. The molecular weight excluding hydrogens is 256 g/mol. The van der Waals surface area contributed by atoms with Crippen LogP contribution in [0.2, 0.25) is 0 Å². The number of carbonyl (C=O) groups is 3. The molecule has 5 N–H and O–H groups in total. The van der Waals surface area contributed by atoms with Crippen molar-refractivity contribution in [2.24, 2.45) is 5.73 Å². The second kappa shape index (κ2) is 8.25. The van der Waals surface area contributed by atoms with Crippen LogP contribution in [0.15, 0.2) is 0 Å². The van der Waals surface area contributed by atoms with Gasteiger partial charge in [-0.25, -0.2) is 9.59 Å². The maximum Gasteiger partial charge on any atom is 0.394 e. The number of carboxylic acid groups (broad SMARTS) is 2. The van der Waals surface area contributed by atoms with E-state index in [-0.39, 0.29) is 5.75 Å². The Balaban J connectivity index is 4.03. The average Bonchev–Trinajstić information content (AvgIpc) is 2.21. The summed E-state index contributed by atoms with van der Waals surface area (Å²) in [7, 11) is 2.58. The molecule has 0 bridgehead atoms. The van der Waals surface area contributed by atoms with Gasteiger partial charge in [0.2, 0.25) is 0 Å². The van der Waals surface area contributed by atoms with E-state index in [4.69, 9.17) is 15.9 Å². The summed E-state index contributed by atoms with van der Waals surface area (Å²) >= 11 is 0. The molecule has 0 aromatic rings. The zero-order valence-corrected chi connectivity index (χ0v) is 9.84. The zero-order valence-electron chi connectivity index (χ0n) is 8.21. The first-order valence-electron chi connectivity index (χ1n) is 4.20. The number of aliphatic carboxylic acids is 2. The molecule has 0 aliphatic heterocycles. The van der Waals surface area contributed by atoms with Crippen molar-refractivity contribution in [2.45, 2.75) is 6.04 Å². The molecule has 0 fully saturated rings. The van der Waals surface area contributed by atoms with Gasteiger partial charge < -0.3 is 21.3 Å². The van der Waals surface area contributed by atoms with Crippen molar-refractivity contribution in [1.29, 1.82) is 0 Å². The lowest BCUT2D eigenvalue weighted by molar-refractivity contribution is -0.151. The molecule has 0 spiro atoms. The molecule has 0 aliphatic carbocycles. The highest BCUT2D eigenvalue weighted by Gasteiger charge is 2.23. The van der Waals surface area contributed by atoms with E-state index in [0.29, 0.717) is 12.3 Å². The van der Waals surface area contributed by atoms with E-state index in [2.05, 4.69) is 0 Å². The summed E-state index contributed by atoms with van der Waals surface area (Å²) in [5.74, 6) is -3.55. The van der Waals surface area contributed by atoms with Gasteiger partial charge in [-0.2, -0.15) is 0 Å². The Morgan fingerprint density at radius 3 is 2.31 bits per heavy atom. The molecule has 92 valence electrons.